The van der Waals surface area contributed by atoms with E-state index in [2.05, 4.69) is 20.8 Å². The van der Waals surface area contributed by atoms with Gasteiger partial charge in [-0.3, -0.25) is 14.5 Å². The van der Waals surface area contributed by atoms with Crippen molar-refractivity contribution in [1.82, 2.24) is 4.90 Å². The summed E-state index contributed by atoms with van der Waals surface area (Å²) in [7, 11) is 0. The van der Waals surface area contributed by atoms with Crippen molar-refractivity contribution in [3.8, 4) is 0 Å². The minimum Gasteiger partial charge on any atom is -0.281 e. The summed E-state index contributed by atoms with van der Waals surface area (Å²) in [5.41, 5.74) is -0.0351. The zero-order valence-electron chi connectivity index (χ0n) is 11.7. The van der Waals surface area contributed by atoms with Gasteiger partial charge < -0.3 is 0 Å². The van der Waals surface area contributed by atoms with Crippen LogP contribution in [0.2, 0.25) is 0 Å². The van der Waals surface area contributed by atoms with E-state index < -0.39 is 0 Å². The van der Waals surface area contributed by atoms with E-state index in [-0.39, 0.29) is 27.2 Å². The highest BCUT2D eigenvalue weighted by Gasteiger charge is 2.41. The lowest BCUT2D eigenvalue weighted by molar-refractivity contribution is -0.139. The molecule has 0 bridgehead atoms. The monoisotopic (exact) mass is 257 g/mol. The minimum atomic E-state index is -0.190. The van der Waals surface area contributed by atoms with Gasteiger partial charge in [0.1, 0.15) is 0 Å². The Morgan fingerprint density at radius 3 is 2.12 bits per heavy atom. The molecule has 2 amide bonds. The highest BCUT2D eigenvalue weighted by atomic mass is 32.2. The van der Waals surface area contributed by atoms with Crippen LogP contribution in [0.3, 0.4) is 0 Å². The standard InChI is InChI=1S/C13H23NO2S/c1-12(2,3)8-14-10(15)7-9(11(14)16)17-13(4,5)6/h9H,7-8H2,1-6H3. The van der Waals surface area contributed by atoms with Crippen LogP contribution in [-0.2, 0) is 9.59 Å². The Morgan fingerprint density at radius 1 is 1.18 bits per heavy atom. The van der Waals surface area contributed by atoms with Gasteiger partial charge in [0.15, 0.2) is 0 Å². The molecule has 0 saturated carbocycles. The van der Waals surface area contributed by atoms with Gasteiger partial charge in [0.25, 0.3) is 0 Å². The zero-order valence-corrected chi connectivity index (χ0v) is 12.5. The molecule has 1 unspecified atom stereocenters. The molecule has 0 N–H and O–H groups in total. The summed E-state index contributed by atoms with van der Waals surface area (Å²) in [5, 5.41) is -0.190. The summed E-state index contributed by atoms with van der Waals surface area (Å²) in [5.74, 6) is -0.0310. The first kappa shape index (κ1) is 14.6. The molecule has 1 rings (SSSR count). The average molecular weight is 257 g/mol. The number of carbonyl (C=O) groups excluding carboxylic acids is 2. The second kappa shape index (κ2) is 4.63. The molecule has 0 aromatic carbocycles. The zero-order chi connectivity index (χ0) is 13.4. The van der Waals surface area contributed by atoms with E-state index in [1.165, 1.54) is 4.90 Å². The van der Waals surface area contributed by atoms with Gasteiger partial charge in [-0.1, -0.05) is 41.5 Å². The molecule has 1 saturated heterocycles. The molecule has 4 heteroatoms. The Balaban J connectivity index is 2.72. The fraction of sp³-hybridized carbons (Fsp3) is 0.846. The van der Waals surface area contributed by atoms with Crippen LogP contribution in [0.1, 0.15) is 48.0 Å². The van der Waals surface area contributed by atoms with Crippen LogP contribution in [0, 0.1) is 5.41 Å². The minimum absolute atomic E-state index is 0.00940. The Labute approximate surface area is 108 Å². The third kappa shape index (κ3) is 4.34. The SMILES string of the molecule is CC(C)(C)CN1C(=O)CC(SC(C)(C)C)C1=O. The number of carbonyl (C=O) groups is 2. The maximum absolute atomic E-state index is 12.2. The number of rotatable bonds is 2. The van der Waals surface area contributed by atoms with Crippen molar-refractivity contribution in [2.45, 2.75) is 58.0 Å². The van der Waals surface area contributed by atoms with Gasteiger partial charge in [0.05, 0.1) is 5.25 Å². The van der Waals surface area contributed by atoms with Crippen LogP contribution >= 0.6 is 11.8 Å². The maximum atomic E-state index is 12.2. The number of thioether (sulfide) groups is 1. The third-order valence-electron chi connectivity index (χ3n) is 2.33. The number of imide groups is 1. The Bertz CT molecular complexity index is 325. The van der Waals surface area contributed by atoms with Crippen molar-refractivity contribution in [3.05, 3.63) is 0 Å². The third-order valence-corrected chi connectivity index (χ3v) is 3.69. The van der Waals surface area contributed by atoms with E-state index >= 15 is 0 Å². The van der Waals surface area contributed by atoms with Crippen LogP contribution in [0.25, 0.3) is 0 Å². The molecular weight excluding hydrogens is 234 g/mol. The summed E-state index contributed by atoms with van der Waals surface area (Å²) in [6, 6.07) is 0. The van der Waals surface area contributed by atoms with E-state index in [4.69, 9.17) is 0 Å². The van der Waals surface area contributed by atoms with Gasteiger partial charge in [-0.15, -0.1) is 11.8 Å². The Morgan fingerprint density at radius 2 is 1.71 bits per heavy atom. The van der Waals surface area contributed by atoms with E-state index in [1.54, 1.807) is 11.8 Å². The Kier molecular flexibility index (Phi) is 3.97. The number of amides is 2. The fourth-order valence-electron chi connectivity index (χ4n) is 1.81. The molecule has 1 fully saturated rings. The summed E-state index contributed by atoms with van der Waals surface area (Å²) in [6.45, 7) is 12.9. The average Bonchev–Trinajstić information content (AvgIpc) is 2.27. The van der Waals surface area contributed by atoms with Crippen molar-refractivity contribution in [3.63, 3.8) is 0 Å². The lowest BCUT2D eigenvalue weighted by atomic mass is 9.96. The molecule has 3 nitrogen and oxygen atoms in total. The molecule has 0 spiro atoms. The lowest BCUT2D eigenvalue weighted by Crippen LogP contribution is -2.38. The van der Waals surface area contributed by atoms with Gasteiger partial charge in [-0.2, -0.15) is 0 Å². The molecule has 98 valence electrons. The molecule has 0 aromatic rings. The molecule has 1 aliphatic heterocycles. The largest absolute Gasteiger partial charge is 0.281 e. The molecule has 0 aromatic heterocycles. The van der Waals surface area contributed by atoms with Gasteiger partial charge >= 0.3 is 0 Å². The molecule has 0 aliphatic carbocycles. The highest BCUT2D eigenvalue weighted by Crippen LogP contribution is 2.35. The molecule has 0 radical (unpaired) electrons. The number of likely N-dealkylation sites (tertiary alicyclic amines) is 1. The summed E-state index contributed by atoms with van der Waals surface area (Å²) in [4.78, 5) is 25.4. The maximum Gasteiger partial charge on any atom is 0.242 e. The van der Waals surface area contributed by atoms with Crippen LogP contribution < -0.4 is 0 Å². The number of hydrogen-bond acceptors (Lipinski definition) is 3. The van der Waals surface area contributed by atoms with Gasteiger partial charge in [0.2, 0.25) is 11.8 Å². The van der Waals surface area contributed by atoms with Crippen LogP contribution in [-0.4, -0.2) is 33.3 Å². The number of hydrogen-bond donors (Lipinski definition) is 0. The van der Waals surface area contributed by atoms with Gasteiger partial charge in [0, 0.05) is 17.7 Å². The van der Waals surface area contributed by atoms with Crippen molar-refractivity contribution < 1.29 is 9.59 Å². The summed E-state index contributed by atoms with van der Waals surface area (Å²) >= 11 is 1.59. The van der Waals surface area contributed by atoms with Crippen molar-refractivity contribution in [2.75, 3.05) is 6.54 Å². The molecule has 1 aliphatic rings. The fourth-order valence-corrected chi connectivity index (χ4v) is 3.12. The predicted molar refractivity (Wildman–Crippen MR) is 71.9 cm³/mol. The van der Waals surface area contributed by atoms with E-state index in [9.17, 15) is 9.59 Å². The first-order valence-corrected chi connectivity index (χ1v) is 6.90. The normalized spacial score (nSPS) is 22.5. The second-order valence-electron chi connectivity index (χ2n) is 6.80. The van der Waals surface area contributed by atoms with E-state index in [0.717, 1.165) is 0 Å². The van der Waals surface area contributed by atoms with Crippen molar-refractivity contribution in [1.29, 1.82) is 0 Å². The smallest absolute Gasteiger partial charge is 0.242 e. The Hall–Kier alpha value is -0.510. The van der Waals surface area contributed by atoms with Crippen LogP contribution in [0.4, 0.5) is 0 Å². The molecular formula is C13H23NO2S. The topological polar surface area (TPSA) is 37.4 Å². The first-order chi connectivity index (χ1) is 7.49. The van der Waals surface area contributed by atoms with Crippen molar-refractivity contribution in [2.24, 2.45) is 5.41 Å². The molecule has 17 heavy (non-hydrogen) atoms. The lowest BCUT2D eigenvalue weighted by Gasteiger charge is -2.26. The molecule has 1 heterocycles. The van der Waals surface area contributed by atoms with E-state index in [0.29, 0.717) is 13.0 Å². The van der Waals surface area contributed by atoms with E-state index in [1.807, 2.05) is 20.8 Å². The van der Waals surface area contributed by atoms with Crippen LogP contribution in [0.5, 0.6) is 0 Å². The van der Waals surface area contributed by atoms with Crippen LogP contribution in [0.15, 0.2) is 0 Å². The number of nitrogens with zero attached hydrogens (tertiary/aromatic N) is 1. The first-order valence-electron chi connectivity index (χ1n) is 6.02. The highest BCUT2D eigenvalue weighted by molar-refractivity contribution is 8.01. The quantitative estimate of drug-likeness (QED) is 0.714. The van der Waals surface area contributed by atoms with Gasteiger partial charge in [-0.25, -0.2) is 0 Å². The van der Waals surface area contributed by atoms with Gasteiger partial charge in [-0.05, 0) is 5.41 Å². The molecule has 1 atom stereocenters. The second-order valence-corrected chi connectivity index (χ2v) is 8.83. The van der Waals surface area contributed by atoms with Crippen molar-refractivity contribution >= 4 is 23.6 Å². The summed E-state index contributed by atoms with van der Waals surface area (Å²) < 4.78 is 0.0123. The summed E-state index contributed by atoms with van der Waals surface area (Å²) in [6.07, 6.45) is 0.358. The predicted octanol–water partition coefficient (Wildman–Crippen LogP) is 2.69.